The molecule has 0 bridgehead atoms. The second kappa shape index (κ2) is 6.13. The summed E-state index contributed by atoms with van der Waals surface area (Å²) in [6.07, 6.45) is 4.01. The van der Waals surface area contributed by atoms with Gasteiger partial charge in [0.25, 0.3) is 0 Å². The summed E-state index contributed by atoms with van der Waals surface area (Å²) >= 11 is 7.44. The molecule has 0 unspecified atom stereocenters. The van der Waals surface area contributed by atoms with Crippen LogP contribution in [0, 0.1) is 0 Å². The molecule has 0 saturated heterocycles. The van der Waals surface area contributed by atoms with Crippen molar-refractivity contribution in [3.05, 3.63) is 16.6 Å². The number of thiazole rings is 1. The summed E-state index contributed by atoms with van der Waals surface area (Å²) in [7, 11) is 0. The summed E-state index contributed by atoms with van der Waals surface area (Å²) in [4.78, 5) is 7.83. The molecule has 0 atom stereocenters. The maximum absolute atomic E-state index is 5.73. The van der Waals surface area contributed by atoms with Crippen LogP contribution in [0.15, 0.2) is 11.8 Å². The van der Waals surface area contributed by atoms with Crippen LogP contribution in [0.3, 0.4) is 0 Å². The van der Waals surface area contributed by atoms with Gasteiger partial charge in [-0.15, -0.1) is 11.6 Å². The first-order chi connectivity index (χ1) is 7.21. The Morgan fingerprint density at radius 1 is 1.53 bits per heavy atom. The lowest BCUT2D eigenvalue weighted by Gasteiger charge is -2.16. The van der Waals surface area contributed by atoms with E-state index in [1.165, 1.54) is 10.5 Å². The van der Waals surface area contributed by atoms with Gasteiger partial charge in [-0.3, -0.25) is 0 Å². The minimum Gasteiger partial charge on any atom is -0.349 e. The lowest BCUT2D eigenvalue weighted by Crippen LogP contribution is -2.21. The van der Waals surface area contributed by atoms with Crippen LogP contribution < -0.4 is 4.90 Å². The van der Waals surface area contributed by atoms with Gasteiger partial charge in [-0.25, -0.2) is 4.98 Å². The number of allylic oxidation sites excluding steroid dienone is 1. The number of rotatable bonds is 5. The van der Waals surface area contributed by atoms with E-state index in [0.717, 1.165) is 18.2 Å². The number of hydrogen-bond donors (Lipinski definition) is 0. The molecule has 0 N–H and O–H groups in total. The zero-order chi connectivity index (χ0) is 11.3. The van der Waals surface area contributed by atoms with Crippen molar-refractivity contribution in [2.45, 2.75) is 20.8 Å². The highest BCUT2D eigenvalue weighted by molar-refractivity contribution is 7.16. The highest BCUT2D eigenvalue weighted by Gasteiger charge is 2.06. The molecule has 1 aromatic rings. The van der Waals surface area contributed by atoms with E-state index in [2.05, 4.69) is 29.8 Å². The molecule has 0 amide bonds. The van der Waals surface area contributed by atoms with Gasteiger partial charge in [-0.1, -0.05) is 16.9 Å². The number of halogens is 1. The smallest absolute Gasteiger partial charge is 0.185 e. The Kier molecular flexibility index (Phi) is 5.12. The third-order valence-electron chi connectivity index (χ3n) is 2.14. The number of alkyl halides is 1. The lowest BCUT2D eigenvalue weighted by molar-refractivity contribution is 0.860. The molecule has 0 aliphatic heterocycles. The van der Waals surface area contributed by atoms with Crippen LogP contribution in [-0.2, 0) is 0 Å². The zero-order valence-corrected chi connectivity index (χ0v) is 11.0. The molecule has 1 rings (SSSR count). The topological polar surface area (TPSA) is 16.1 Å². The molecule has 0 radical (unpaired) electrons. The van der Waals surface area contributed by atoms with Crippen molar-refractivity contribution in [3.63, 3.8) is 0 Å². The second-order valence-corrected chi connectivity index (χ2v) is 4.65. The Labute approximate surface area is 101 Å². The quantitative estimate of drug-likeness (QED) is 0.736. The van der Waals surface area contributed by atoms with Crippen molar-refractivity contribution in [1.29, 1.82) is 0 Å². The Balaban J connectivity index is 2.80. The van der Waals surface area contributed by atoms with E-state index in [1.807, 2.05) is 13.1 Å². The van der Waals surface area contributed by atoms with Gasteiger partial charge < -0.3 is 4.90 Å². The van der Waals surface area contributed by atoms with Crippen molar-refractivity contribution in [3.8, 4) is 0 Å². The van der Waals surface area contributed by atoms with Gasteiger partial charge in [-0.05, 0) is 26.8 Å². The molecule has 2 nitrogen and oxygen atoms in total. The number of anilines is 1. The summed E-state index contributed by atoms with van der Waals surface area (Å²) in [6, 6.07) is 0. The fraction of sp³-hybridized carbons (Fsp3) is 0.545. The first kappa shape index (κ1) is 12.5. The van der Waals surface area contributed by atoms with Crippen LogP contribution in [0.2, 0.25) is 0 Å². The predicted octanol–water partition coefficient (Wildman–Crippen LogP) is 3.63. The van der Waals surface area contributed by atoms with Crippen LogP contribution in [0.1, 0.15) is 25.6 Å². The first-order valence-corrected chi connectivity index (χ1v) is 6.50. The van der Waals surface area contributed by atoms with Crippen LogP contribution in [0.4, 0.5) is 5.13 Å². The van der Waals surface area contributed by atoms with Crippen molar-refractivity contribution in [2.75, 3.05) is 23.9 Å². The van der Waals surface area contributed by atoms with Crippen LogP contribution in [0.5, 0.6) is 0 Å². The van der Waals surface area contributed by atoms with Crippen molar-refractivity contribution >= 4 is 34.1 Å². The largest absolute Gasteiger partial charge is 0.349 e. The van der Waals surface area contributed by atoms with Crippen molar-refractivity contribution in [1.82, 2.24) is 4.98 Å². The Hall–Kier alpha value is -0.540. The van der Waals surface area contributed by atoms with E-state index < -0.39 is 0 Å². The van der Waals surface area contributed by atoms with Gasteiger partial charge in [0.05, 0.1) is 0 Å². The fourth-order valence-corrected chi connectivity index (χ4v) is 2.41. The van der Waals surface area contributed by atoms with E-state index >= 15 is 0 Å². The highest BCUT2D eigenvalue weighted by atomic mass is 35.5. The van der Waals surface area contributed by atoms with Crippen molar-refractivity contribution in [2.24, 2.45) is 0 Å². The summed E-state index contributed by atoms with van der Waals surface area (Å²) in [6.45, 7) is 8.32. The standard InChI is InChI=1S/C11H17ClN2S/c1-4-14(5-2)11-13-8-10(15-11)6-9(3)7-12/h6,8H,4-5,7H2,1-3H3. The molecule has 0 fully saturated rings. The molecule has 1 aromatic heterocycles. The van der Waals surface area contributed by atoms with Crippen LogP contribution in [-0.4, -0.2) is 24.0 Å². The molecule has 84 valence electrons. The molecular weight excluding hydrogens is 228 g/mol. The maximum atomic E-state index is 5.73. The molecule has 0 aliphatic rings. The Morgan fingerprint density at radius 3 is 2.73 bits per heavy atom. The molecule has 15 heavy (non-hydrogen) atoms. The SMILES string of the molecule is CCN(CC)c1ncc(C=C(C)CCl)s1. The van der Waals surface area contributed by atoms with E-state index in [4.69, 9.17) is 11.6 Å². The molecule has 4 heteroatoms. The van der Waals surface area contributed by atoms with E-state index in [1.54, 1.807) is 11.3 Å². The highest BCUT2D eigenvalue weighted by Crippen LogP contribution is 2.24. The summed E-state index contributed by atoms with van der Waals surface area (Å²) < 4.78 is 0. The lowest BCUT2D eigenvalue weighted by atomic mass is 10.3. The zero-order valence-electron chi connectivity index (χ0n) is 9.46. The Morgan fingerprint density at radius 2 is 2.20 bits per heavy atom. The third-order valence-corrected chi connectivity index (χ3v) is 3.57. The minimum atomic E-state index is 0.582. The average Bonchev–Trinajstić information content (AvgIpc) is 2.68. The van der Waals surface area contributed by atoms with Gasteiger partial charge in [0.2, 0.25) is 0 Å². The van der Waals surface area contributed by atoms with Crippen LogP contribution >= 0.6 is 22.9 Å². The molecule has 0 aromatic carbocycles. The Bertz CT molecular complexity index is 329. The molecule has 1 heterocycles. The van der Waals surface area contributed by atoms with E-state index in [0.29, 0.717) is 5.88 Å². The fourth-order valence-electron chi connectivity index (χ4n) is 1.27. The number of aromatic nitrogens is 1. The van der Waals surface area contributed by atoms with Gasteiger partial charge in [0.1, 0.15) is 0 Å². The summed E-state index contributed by atoms with van der Waals surface area (Å²) in [5.74, 6) is 0.582. The normalized spacial score (nSPS) is 11.9. The maximum Gasteiger partial charge on any atom is 0.185 e. The minimum absolute atomic E-state index is 0.582. The molecular formula is C11H17ClN2S. The monoisotopic (exact) mass is 244 g/mol. The van der Waals surface area contributed by atoms with Gasteiger partial charge >= 0.3 is 0 Å². The third kappa shape index (κ3) is 3.50. The molecule has 0 spiro atoms. The number of hydrogen-bond acceptors (Lipinski definition) is 3. The summed E-state index contributed by atoms with van der Waals surface area (Å²) in [5.41, 5.74) is 1.17. The van der Waals surface area contributed by atoms with E-state index in [-0.39, 0.29) is 0 Å². The second-order valence-electron chi connectivity index (χ2n) is 3.34. The van der Waals surface area contributed by atoms with Crippen molar-refractivity contribution < 1.29 is 0 Å². The molecule has 0 aliphatic carbocycles. The van der Waals surface area contributed by atoms with Gasteiger partial charge in [0.15, 0.2) is 5.13 Å². The predicted molar refractivity (Wildman–Crippen MR) is 70.0 cm³/mol. The average molecular weight is 245 g/mol. The summed E-state index contributed by atoms with van der Waals surface area (Å²) in [5, 5.41) is 1.09. The first-order valence-electron chi connectivity index (χ1n) is 5.15. The molecule has 0 saturated carbocycles. The van der Waals surface area contributed by atoms with Gasteiger partial charge in [-0.2, -0.15) is 0 Å². The van der Waals surface area contributed by atoms with Gasteiger partial charge in [0, 0.05) is 30.0 Å². The van der Waals surface area contributed by atoms with Crippen LogP contribution in [0.25, 0.3) is 6.08 Å². The number of nitrogens with zero attached hydrogens (tertiary/aromatic N) is 2. The van der Waals surface area contributed by atoms with E-state index in [9.17, 15) is 0 Å².